The molecule has 0 aliphatic carbocycles. The molecule has 0 atom stereocenters. The molecule has 1 heterocycles. The highest BCUT2D eigenvalue weighted by molar-refractivity contribution is 5.78. The van der Waals surface area contributed by atoms with Crippen molar-refractivity contribution < 1.29 is 9.53 Å². The van der Waals surface area contributed by atoms with E-state index in [9.17, 15) is 4.79 Å². The van der Waals surface area contributed by atoms with Crippen LogP contribution in [0.3, 0.4) is 0 Å². The number of ether oxygens (including phenoxy) is 1. The first-order valence-corrected chi connectivity index (χ1v) is 6.60. The first-order chi connectivity index (χ1) is 9.54. The van der Waals surface area contributed by atoms with Crippen LogP contribution in [0.1, 0.15) is 19.4 Å². The number of carbonyl (C=O) groups is 1. The fourth-order valence-corrected chi connectivity index (χ4v) is 1.65. The average molecular weight is 281 g/mol. The van der Waals surface area contributed by atoms with Gasteiger partial charge < -0.3 is 20.7 Å². The first kappa shape index (κ1) is 16.3. The third-order valence-electron chi connectivity index (χ3n) is 2.71. The predicted molar refractivity (Wildman–Crippen MR) is 77.3 cm³/mol. The Labute approximate surface area is 119 Å². The molecular weight excluding hydrogens is 258 g/mol. The van der Waals surface area contributed by atoms with Crippen molar-refractivity contribution >= 4 is 11.9 Å². The highest BCUT2D eigenvalue weighted by atomic mass is 16.5. The number of rotatable bonds is 9. The molecular formula is C13H23N5O2. The van der Waals surface area contributed by atoms with Crippen LogP contribution in [-0.4, -0.2) is 48.7 Å². The zero-order valence-corrected chi connectivity index (χ0v) is 12.3. The third-order valence-corrected chi connectivity index (χ3v) is 2.71. The van der Waals surface area contributed by atoms with Crippen molar-refractivity contribution in [2.24, 2.45) is 5.73 Å². The van der Waals surface area contributed by atoms with Crippen molar-refractivity contribution in [3.05, 3.63) is 18.0 Å². The Balaban J connectivity index is 2.61. The standard InChI is InChI=1S/C13H23N5O2/c1-10(2)18(9-12(14)19)13-16-7-11(8-17-13)6-15-4-5-20-3/h7-8,10,15H,4-6,9H2,1-3H3,(H2,14,19). The van der Waals surface area contributed by atoms with Crippen LogP contribution < -0.4 is 16.0 Å². The maximum atomic E-state index is 11.1. The van der Waals surface area contributed by atoms with Crippen molar-refractivity contribution in [1.29, 1.82) is 0 Å². The lowest BCUT2D eigenvalue weighted by Crippen LogP contribution is -2.39. The molecule has 0 aromatic carbocycles. The second kappa shape index (κ2) is 8.44. The summed E-state index contributed by atoms with van der Waals surface area (Å²) in [7, 11) is 1.67. The zero-order valence-electron chi connectivity index (χ0n) is 12.3. The number of carbonyl (C=O) groups excluding carboxylic acids is 1. The van der Waals surface area contributed by atoms with E-state index in [1.165, 1.54) is 0 Å². The average Bonchev–Trinajstić information content (AvgIpc) is 2.41. The number of nitrogens with one attached hydrogen (secondary N) is 1. The van der Waals surface area contributed by atoms with E-state index < -0.39 is 5.91 Å². The van der Waals surface area contributed by atoms with Crippen LogP contribution in [-0.2, 0) is 16.1 Å². The Bertz CT molecular complexity index is 408. The van der Waals surface area contributed by atoms with Gasteiger partial charge in [-0.3, -0.25) is 4.79 Å². The molecule has 7 nitrogen and oxygen atoms in total. The van der Waals surface area contributed by atoms with Gasteiger partial charge in [0.05, 0.1) is 13.2 Å². The molecule has 1 aromatic rings. The number of nitrogens with zero attached hydrogens (tertiary/aromatic N) is 3. The number of hydrogen-bond acceptors (Lipinski definition) is 6. The molecule has 3 N–H and O–H groups in total. The van der Waals surface area contributed by atoms with E-state index in [0.29, 0.717) is 19.1 Å². The minimum Gasteiger partial charge on any atom is -0.383 e. The number of anilines is 1. The lowest BCUT2D eigenvalue weighted by atomic mass is 10.3. The summed E-state index contributed by atoms with van der Waals surface area (Å²) in [6, 6.07) is 0.105. The van der Waals surface area contributed by atoms with Crippen LogP contribution in [0.2, 0.25) is 0 Å². The van der Waals surface area contributed by atoms with E-state index in [4.69, 9.17) is 10.5 Å². The molecule has 0 aliphatic rings. The van der Waals surface area contributed by atoms with Gasteiger partial charge >= 0.3 is 0 Å². The normalized spacial score (nSPS) is 10.8. The predicted octanol–water partition coefficient (Wildman–Crippen LogP) is -0.0873. The molecule has 1 aromatic heterocycles. The summed E-state index contributed by atoms with van der Waals surface area (Å²) < 4.78 is 4.95. The Morgan fingerprint density at radius 2 is 2.10 bits per heavy atom. The van der Waals surface area contributed by atoms with E-state index >= 15 is 0 Å². The Morgan fingerprint density at radius 1 is 1.45 bits per heavy atom. The lowest BCUT2D eigenvalue weighted by molar-refractivity contribution is -0.116. The summed E-state index contributed by atoms with van der Waals surface area (Å²) in [6.45, 7) is 6.17. The van der Waals surface area contributed by atoms with Crippen molar-refractivity contribution in [1.82, 2.24) is 15.3 Å². The van der Waals surface area contributed by atoms with Crippen molar-refractivity contribution in [2.45, 2.75) is 26.4 Å². The highest BCUT2D eigenvalue weighted by Gasteiger charge is 2.15. The molecule has 0 saturated heterocycles. The molecule has 7 heteroatoms. The molecule has 0 bridgehead atoms. The van der Waals surface area contributed by atoms with Crippen molar-refractivity contribution in [2.75, 3.05) is 31.7 Å². The van der Waals surface area contributed by atoms with Crippen LogP contribution in [0.25, 0.3) is 0 Å². The fraction of sp³-hybridized carbons (Fsp3) is 0.615. The van der Waals surface area contributed by atoms with Gasteiger partial charge in [-0.05, 0) is 13.8 Å². The Hall–Kier alpha value is -1.73. The molecule has 0 unspecified atom stereocenters. The first-order valence-electron chi connectivity index (χ1n) is 6.60. The van der Waals surface area contributed by atoms with Gasteiger partial charge in [-0.25, -0.2) is 9.97 Å². The summed E-state index contributed by atoms with van der Waals surface area (Å²) in [4.78, 5) is 21.4. The number of methoxy groups -OCH3 is 1. The van der Waals surface area contributed by atoms with Crippen LogP contribution >= 0.6 is 0 Å². The molecule has 1 amide bonds. The minimum atomic E-state index is -0.396. The summed E-state index contributed by atoms with van der Waals surface area (Å²) in [5, 5.41) is 3.21. The van der Waals surface area contributed by atoms with Gasteiger partial charge in [0.1, 0.15) is 0 Å². The van der Waals surface area contributed by atoms with E-state index in [1.807, 2.05) is 13.8 Å². The molecule has 1 rings (SSSR count). The van der Waals surface area contributed by atoms with Gasteiger partial charge in [0, 0.05) is 44.2 Å². The minimum absolute atomic E-state index is 0.105. The highest BCUT2D eigenvalue weighted by Crippen LogP contribution is 2.10. The summed E-state index contributed by atoms with van der Waals surface area (Å²) in [6.07, 6.45) is 3.50. The largest absolute Gasteiger partial charge is 0.383 e. The maximum absolute atomic E-state index is 11.1. The topological polar surface area (TPSA) is 93.4 Å². The second-order valence-electron chi connectivity index (χ2n) is 4.75. The van der Waals surface area contributed by atoms with Gasteiger partial charge in [0.25, 0.3) is 0 Å². The van der Waals surface area contributed by atoms with Gasteiger partial charge in [0.2, 0.25) is 11.9 Å². The van der Waals surface area contributed by atoms with Crippen LogP contribution in [0.4, 0.5) is 5.95 Å². The Morgan fingerprint density at radius 3 is 2.60 bits per heavy atom. The van der Waals surface area contributed by atoms with E-state index in [2.05, 4.69) is 15.3 Å². The molecule has 112 valence electrons. The van der Waals surface area contributed by atoms with Gasteiger partial charge in [-0.2, -0.15) is 0 Å². The smallest absolute Gasteiger partial charge is 0.237 e. The second-order valence-corrected chi connectivity index (χ2v) is 4.75. The quantitative estimate of drug-likeness (QED) is 0.615. The van der Waals surface area contributed by atoms with Gasteiger partial charge in [0.15, 0.2) is 0 Å². The van der Waals surface area contributed by atoms with E-state index in [0.717, 1.165) is 12.1 Å². The fourth-order valence-electron chi connectivity index (χ4n) is 1.65. The Kier molecular flexibility index (Phi) is 6.89. The van der Waals surface area contributed by atoms with Crippen molar-refractivity contribution in [3.63, 3.8) is 0 Å². The van der Waals surface area contributed by atoms with Crippen LogP contribution in [0.5, 0.6) is 0 Å². The third kappa shape index (κ3) is 5.50. The number of nitrogens with two attached hydrogens (primary N) is 1. The molecule has 0 saturated carbocycles. The lowest BCUT2D eigenvalue weighted by Gasteiger charge is -2.25. The summed E-state index contributed by atoms with van der Waals surface area (Å²) in [5.74, 6) is 0.118. The van der Waals surface area contributed by atoms with Crippen LogP contribution in [0.15, 0.2) is 12.4 Å². The number of aromatic nitrogens is 2. The number of hydrogen-bond donors (Lipinski definition) is 2. The molecule has 0 radical (unpaired) electrons. The summed E-state index contributed by atoms with van der Waals surface area (Å²) >= 11 is 0. The monoisotopic (exact) mass is 281 g/mol. The molecule has 0 fully saturated rings. The molecule has 20 heavy (non-hydrogen) atoms. The SMILES string of the molecule is COCCNCc1cnc(N(CC(N)=O)C(C)C)nc1. The van der Waals surface area contributed by atoms with E-state index in [-0.39, 0.29) is 12.6 Å². The molecule has 0 aliphatic heterocycles. The van der Waals surface area contributed by atoms with E-state index in [1.54, 1.807) is 24.4 Å². The van der Waals surface area contributed by atoms with Crippen molar-refractivity contribution in [3.8, 4) is 0 Å². The number of primary amides is 1. The van der Waals surface area contributed by atoms with Crippen LogP contribution in [0, 0.1) is 0 Å². The summed E-state index contributed by atoms with van der Waals surface area (Å²) in [5.41, 5.74) is 6.21. The maximum Gasteiger partial charge on any atom is 0.237 e. The zero-order chi connectivity index (χ0) is 15.0. The number of amides is 1. The van der Waals surface area contributed by atoms with Gasteiger partial charge in [-0.15, -0.1) is 0 Å². The molecule has 0 spiro atoms. The van der Waals surface area contributed by atoms with Gasteiger partial charge in [-0.1, -0.05) is 0 Å².